The molecule has 0 aromatic heterocycles. The molecule has 5 atom stereocenters. The Morgan fingerprint density at radius 3 is 2.19 bits per heavy atom. The summed E-state index contributed by atoms with van der Waals surface area (Å²) in [5.41, 5.74) is 0.675. The van der Waals surface area contributed by atoms with Gasteiger partial charge in [0.25, 0.3) is 0 Å². The number of ether oxygens (including phenoxy) is 4. The minimum Gasteiger partial charge on any atom is -0.502 e. The molecule has 0 bridgehead atoms. The van der Waals surface area contributed by atoms with E-state index in [4.69, 9.17) is 24.1 Å². The van der Waals surface area contributed by atoms with Crippen molar-refractivity contribution in [3.05, 3.63) is 23.8 Å². The van der Waals surface area contributed by atoms with Crippen LogP contribution in [0.25, 0.3) is 6.08 Å². The van der Waals surface area contributed by atoms with Crippen LogP contribution in [0.5, 0.6) is 17.2 Å². The van der Waals surface area contributed by atoms with Crippen molar-refractivity contribution in [2.45, 2.75) is 30.7 Å². The van der Waals surface area contributed by atoms with Crippen LogP contribution in [0.4, 0.5) is 0 Å². The van der Waals surface area contributed by atoms with Gasteiger partial charge in [-0.05, 0) is 17.7 Å². The van der Waals surface area contributed by atoms with Gasteiger partial charge in [-0.3, -0.25) is 0 Å². The van der Waals surface area contributed by atoms with Crippen molar-refractivity contribution >= 4 is 6.08 Å². The molecule has 1 aromatic carbocycles. The van der Waals surface area contributed by atoms with Crippen molar-refractivity contribution in [3.8, 4) is 17.2 Å². The van der Waals surface area contributed by atoms with Gasteiger partial charge in [-0.25, -0.2) is 0 Å². The number of hydrogen-bond acceptors (Lipinski definition) is 9. The van der Waals surface area contributed by atoms with Crippen molar-refractivity contribution < 1.29 is 44.5 Å². The monoisotopic (exact) mass is 372 g/mol. The van der Waals surface area contributed by atoms with Gasteiger partial charge >= 0.3 is 0 Å². The van der Waals surface area contributed by atoms with Crippen LogP contribution in [0.3, 0.4) is 0 Å². The van der Waals surface area contributed by atoms with Crippen LogP contribution < -0.4 is 9.47 Å². The first-order chi connectivity index (χ1) is 12.4. The molecule has 1 aliphatic rings. The van der Waals surface area contributed by atoms with Crippen molar-refractivity contribution in [3.63, 3.8) is 0 Å². The van der Waals surface area contributed by atoms with Gasteiger partial charge in [-0.1, -0.05) is 12.2 Å². The molecule has 0 spiro atoms. The van der Waals surface area contributed by atoms with Crippen LogP contribution in [-0.2, 0) is 9.47 Å². The van der Waals surface area contributed by atoms with Crippen molar-refractivity contribution in [1.29, 1.82) is 0 Å². The third-order valence-corrected chi connectivity index (χ3v) is 4.02. The zero-order valence-electron chi connectivity index (χ0n) is 14.5. The minimum atomic E-state index is -1.49. The quantitative estimate of drug-likeness (QED) is 0.418. The number of rotatable bonds is 7. The van der Waals surface area contributed by atoms with Crippen molar-refractivity contribution in [2.24, 2.45) is 0 Å². The molecule has 2 rings (SSSR count). The van der Waals surface area contributed by atoms with Gasteiger partial charge in [0, 0.05) is 0 Å². The van der Waals surface area contributed by atoms with E-state index in [-0.39, 0.29) is 23.9 Å². The van der Waals surface area contributed by atoms with Crippen LogP contribution in [-0.4, -0.2) is 83.7 Å². The number of aromatic hydroxyl groups is 1. The Hall–Kier alpha value is -1.88. The standard InChI is InChI=1S/C17H24O9/c1-23-10-6-9(7-11(24-2)13(10)19)4-3-5-25-17-16(22)15(21)14(20)12(8-18)26-17/h3-4,6-7,12,14-22H,5,8H2,1-2H3/t12-,14-,15+,16-,17-/m1/s1. The van der Waals surface area contributed by atoms with Crippen LogP contribution in [0, 0.1) is 0 Å². The molecule has 0 amide bonds. The highest BCUT2D eigenvalue weighted by molar-refractivity contribution is 5.61. The maximum absolute atomic E-state index is 9.88. The molecule has 0 unspecified atom stereocenters. The molecular formula is C17H24O9. The lowest BCUT2D eigenvalue weighted by atomic mass is 9.99. The lowest BCUT2D eigenvalue weighted by Gasteiger charge is -2.39. The largest absolute Gasteiger partial charge is 0.502 e. The first-order valence-corrected chi connectivity index (χ1v) is 7.96. The molecule has 5 N–H and O–H groups in total. The fourth-order valence-electron chi connectivity index (χ4n) is 2.55. The molecule has 9 nitrogen and oxygen atoms in total. The maximum atomic E-state index is 9.88. The minimum absolute atomic E-state index is 0.0220. The molecule has 1 aromatic rings. The van der Waals surface area contributed by atoms with E-state index in [9.17, 15) is 20.4 Å². The molecule has 1 heterocycles. The van der Waals surface area contributed by atoms with Crippen LogP contribution in [0.15, 0.2) is 18.2 Å². The first-order valence-electron chi connectivity index (χ1n) is 7.96. The average molecular weight is 372 g/mol. The number of aliphatic hydroxyl groups is 4. The molecule has 0 radical (unpaired) electrons. The smallest absolute Gasteiger partial charge is 0.200 e. The zero-order chi connectivity index (χ0) is 19.3. The summed E-state index contributed by atoms with van der Waals surface area (Å²) in [6.07, 6.45) is -3.29. The number of benzene rings is 1. The fourth-order valence-corrected chi connectivity index (χ4v) is 2.55. The Labute approximate surface area is 150 Å². The maximum Gasteiger partial charge on any atom is 0.200 e. The molecule has 0 aliphatic carbocycles. The molecule has 146 valence electrons. The highest BCUT2D eigenvalue weighted by atomic mass is 16.7. The van der Waals surface area contributed by atoms with Gasteiger partial charge in [0.15, 0.2) is 17.8 Å². The first kappa shape index (κ1) is 20.4. The summed E-state index contributed by atoms with van der Waals surface area (Å²) in [5, 5.41) is 48.3. The Balaban J connectivity index is 1.99. The second kappa shape index (κ2) is 9.17. The number of hydrogen-bond donors (Lipinski definition) is 5. The molecule has 26 heavy (non-hydrogen) atoms. The summed E-state index contributed by atoms with van der Waals surface area (Å²) in [5.74, 6) is 0.391. The van der Waals surface area contributed by atoms with Crippen LogP contribution in [0.1, 0.15) is 5.56 Å². The second-order valence-electron chi connectivity index (χ2n) is 5.71. The third kappa shape index (κ3) is 4.44. The van der Waals surface area contributed by atoms with Gasteiger partial charge in [-0.2, -0.15) is 0 Å². The van der Waals surface area contributed by atoms with Crippen molar-refractivity contribution in [1.82, 2.24) is 0 Å². The summed E-state index contributed by atoms with van der Waals surface area (Å²) in [4.78, 5) is 0. The lowest BCUT2D eigenvalue weighted by Crippen LogP contribution is -2.59. The van der Waals surface area contributed by atoms with Crippen molar-refractivity contribution in [2.75, 3.05) is 27.4 Å². The molecule has 0 saturated carbocycles. The van der Waals surface area contributed by atoms with E-state index in [0.717, 1.165) is 0 Å². The van der Waals surface area contributed by atoms with E-state index in [1.54, 1.807) is 24.3 Å². The third-order valence-electron chi connectivity index (χ3n) is 4.02. The predicted octanol–water partition coefficient (Wildman–Crippen LogP) is -0.761. The van der Waals surface area contributed by atoms with Crippen LogP contribution in [0.2, 0.25) is 0 Å². The van der Waals surface area contributed by atoms with Gasteiger partial charge in [-0.15, -0.1) is 0 Å². The topological polar surface area (TPSA) is 138 Å². The Morgan fingerprint density at radius 2 is 1.65 bits per heavy atom. The van der Waals surface area contributed by atoms with E-state index in [1.165, 1.54) is 14.2 Å². The number of aliphatic hydroxyl groups excluding tert-OH is 4. The predicted molar refractivity (Wildman–Crippen MR) is 90.0 cm³/mol. The molecule has 1 saturated heterocycles. The van der Waals surface area contributed by atoms with E-state index >= 15 is 0 Å². The fraction of sp³-hybridized carbons (Fsp3) is 0.529. The van der Waals surface area contributed by atoms with Crippen LogP contribution >= 0.6 is 0 Å². The van der Waals surface area contributed by atoms with E-state index in [2.05, 4.69) is 0 Å². The Kier molecular flexibility index (Phi) is 7.21. The summed E-state index contributed by atoms with van der Waals surface area (Å²) in [6.45, 7) is -0.498. The summed E-state index contributed by atoms with van der Waals surface area (Å²) in [6, 6.07) is 3.20. The molecule has 9 heteroatoms. The van der Waals surface area contributed by atoms with Gasteiger partial charge in [0.2, 0.25) is 5.75 Å². The van der Waals surface area contributed by atoms with E-state index < -0.39 is 37.3 Å². The second-order valence-corrected chi connectivity index (χ2v) is 5.71. The SMILES string of the molecule is COc1cc(C=CCO[C@@H]2O[C@H](CO)[C@@H](O)[C@H](O)[C@H]2O)cc(OC)c1O. The molecular weight excluding hydrogens is 348 g/mol. The Morgan fingerprint density at radius 1 is 1.04 bits per heavy atom. The summed E-state index contributed by atoms with van der Waals surface area (Å²) in [7, 11) is 2.84. The Bertz CT molecular complexity index is 591. The number of phenolic OH excluding ortho intramolecular Hbond substituents is 1. The molecule has 1 aliphatic heterocycles. The highest BCUT2D eigenvalue weighted by Gasteiger charge is 2.43. The van der Waals surface area contributed by atoms with Gasteiger partial charge < -0.3 is 44.5 Å². The number of methoxy groups -OCH3 is 2. The van der Waals surface area contributed by atoms with Gasteiger partial charge in [0.05, 0.1) is 27.4 Å². The van der Waals surface area contributed by atoms with Gasteiger partial charge in [0.1, 0.15) is 24.4 Å². The summed E-state index contributed by atoms with van der Waals surface area (Å²) < 4.78 is 20.7. The normalized spacial score (nSPS) is 29.1. The molecule has 1 fully saturated rings. The number of phenols is 1. The average Bonchev–Trinajstić information content (AvgIpc) is 2.65. The van der Waals surface area contributed by atoms with E-state index in [1.807, 2.05) is 0 Å². The zero-order valence-corrected chi connectivity index (χ0v) is 14.5. The summed E-state index contributed by atoms with van der Waals surface area (Å²) >= 11 is 0. The highest BCUT2D eigenvalue weighted by Crippen LogP contribution is 2.37. The lowest BCUT2D eigenvalue weighted by molar-refractivity contribution is -0.298. The van der Waals surface area contributed by atoms with E-state index in [0.29, 0.717) is 5.56 Å².